The lowest BCUT2D eigenvalue weighted by Gasteiger charge is -2.25. The van der Waals surface area contributed by atoms with Crippen LogP contribution in [0.1, 0.15) is 24.1 Å². The average Bonchev–Trinajstić information content (AvgIpc) is 3.21. The summed E-state index contributed by atoms with van der Waals surface area (Å²) in [6.07, 6.45) is 5.99. The molecule has 1 aliphatic rings. The van der Waals surface area contributed by atoms with Gasteiger partial charge in [-0.2, -0.15) is 4.31 Å². The average molecular weight is 436 g/mol. The maximum atomic E-state index is 12.7. The Balaban J connectivity index is 1.56. The number of rotatable bonds is 5. The largest absolute Gasteiger partial charge is 0.332 e. The highest BCUT2D eigenvalue weighted by molar-refractivity contribution is 7.89. The molecule has 148 valence electrons. The van der Waals surface area contributed by atoms with Crippen LogP contribution in [0.15, 0.2) is 52.7 Å². The molecule has 0 bridgehead atoms. The SMILES string of the molecule is O=C(C=Cc1cccs1)NC(=S)Nc1ccc(S(=O)(=O)N2CCCCC2)cc1. The van der Waals surface area contributed by atoms with Crippen molar-refractivity contribution in [1.82, 2.24) is 9.62 Å². The molecule has 1 aliphatic heterocycles. The second-order valence-corrected chi connectivity index (χ2v) is 9.61. The molecule has 2 heterocycles. The van der Waals surface area contributed by atoms with Crippen LogP contribution in [0, 0.1) is 0 Å². The molecule has 0 radical (unpaired) electrons. The van der Waals surface area contributed by atoms with E-state index in [-0.39, 0.29) is 15.9 Å². The normalized spacial score (nSPS) is 15.4. The molecule has 0 spiro atoms. The molecule has 1 aromatic heterocycles. The molecule has 1 aromatic carbocycles. The summed E-state index contributed by atoms with van der Waals surface area (Å²) in [5.74, 6) is -0.338. The molecule has 0 aliphatic carbocycles. The Labute approximate surface area is 174 Å². The Morgan fingerprint density at radius 3 is 2.46 bits per heavy atom. The number of thiocarbonyl (C=S) groups is 1. The van der Waals surface area contributed by atoms with E-state index in [9.17, 15) is 13.2 Å². The van der Waals surface area contributed by atoms with Gasteiger partial charge in [0.1, 0.15) is 0 Å². The van der Waals surface area contributed by atoms with E-state index in [2.05, 4.69) is 10.6 Å². The van der Waals surface area contributed by atoms with Crippen molar-refractivity contribution in [2.45, 2.75) is 24.2 Å². The molecule has 1 amide bonds. The van der Waals surface area contributed by atoms with Crippen LogP contribution in [0.2, 0.25) is 0 Å². The summed E-state index contributed by atoms with van der Waals surface area (Å²) in [6, 6.07) is 10.2. The predicted molar refractivity (Wildman–Crippen MR) is 117 cm³/mol. The molecule has 6 nitrogen and oxygen atoms in total. The summed E-state index contributed by atoms with van der Waals surface area (Å²) in [7, 11) is -3.46. The maximum Gasteiger partial charge on any atom is 0.250 e. The number of sulfonamides is 1. The lowest BCUT2D eigenvalue weighted by molar-refractivity contribution is -0.115. The van der Waals surface area contributed by atoms with Crippen LogP contribution in [0.4, 0.5) is 5.69 Å². The minimum Gasteiger partial charge on any atom is -0.332 e. The third-order valence-corrected chi connectivity index (χ3v) is 7.20. The number of piperidine rings is 1. The van der Waals surface area contributed by atoms with Crippen LogP contribution in [0.5, 0.6) is 0 Å². The fourth-order valence-electron chi connectivity index (χ4n) is 2.82. The van der Waals surface area contributed by atoms with Crippen LogP contribution in [0.3, 0.4) is 0 Å². The van der Waals surface area contributed by atoms with E-state index in [1.807, 2.05) is 17.5 Å². The number of hydrogen-bond donors (Lipinski definition) is 2. The third-order valence-electron chi connectivity index (χ3n) is 4.24. The van der Waals surface area contributed by atoms with Crippen molar-refractivity contribution in [3.63, 3.8) is 0 Å². The summed E-state index contributed by atoms with van der Waals surface area (Å²) in [5, 5.41) is 7.52. The van der Waals surface area contributed by atoms with Gasteiger partial charge in [-0.25, -0.2) is 8.42 Å². The first kappa shape index (κ1) is 20.7. The van der Waals surface area contributed by atoms with Gasteiger partial charge in [0.25, 0.3) is 0 Å². The van der Waals surface area contributed by atoms with E-state index in [1.165, 1.54) is 21.7 Å². The minimum atomic E-state index is -3.46. The number of nitrogens with zero attached hydrogens (tertiary/aromatic N) is 1. The second kappa shape index (κ2) is 9.42. The van der Waals surface area contributed by atoms with Crippen LogP contribution in [-0.2, 0) is 14.8 Å². The molecule has 3 rings (SSSR count). The van der Waals surface area contributed by atoms with Crippen molar-refractivity contribution < 1.29 is 13.2 Å². The first-order valence-electron chi connectivity index (χ1n) is 8.89. The quantitative estimate of drug-likeness (QED) is 0.556. The molecule has 0 unspecified atom stereocenters. The number of hydrogen-bond acceptors (Lipinski definition) is 5. The van der Waals surface area contributed by atoms with Crippen molar-refractivity contribution >= 4 is 56.4 Å². The summed E-state index contributed by atoms with van der Waals surface area (Å²) < 4.78 is 26.8. The molecule has 1 fully saturated rings. The summed E-state index contributed by atoms with van der Waals surface area (Å²) in [5.41, 5.74) is 0.602. The smallest absolute Gasteiger partial charge is 0.250 e. The van der Waals surface area contributed by atoms with E-state index >= 15 is 0 Å². The zero-order valence-electron chi connectivity index (χ0n) is 15.1. The van der Waals surface area contributed by atoms with Crippen molar-refractivity contribution in [1.29, 1.82) is 0 Å². The van der Waals surface area contributed by atoms with E-state index in [1.54, 1.807) is 30.3 Å². The van der Waals surface area contributed by atoms with Crippen LogP contribution >= 0.6 is 23.6 Å². The molecular formula is C19H21N3O3S3. The van der Waals surface area contributed by atoms with Gasteiger partial charge in [0, 0.05) is 29.7 Å². The van der Waals surface area contributed by atoms with Crippen molar-refractivity contribution in [2.75, 3.05) is 18.4 Å². The van der Waals surface area contributed by atoms with Gasteiger partial charge in [0.2, 0.25) is 15.9 Å². The van der Waals surface area contributed by atoms with Gasteiger partial charge in [0.05, 0.1) is 4.90 Å². The molecular weight excluding hydrogens is 414 g/mol. The number of carbonyl (C=O) groups is 1. The molecule has 9 heteroatoms. The number of nitrogens with one attached hydrogen (secondary N) is 2. The van der Waals surface area contributed by atoms with Crippen LogP contribution < -0.4 is 10.6 Å². The van der Waals surface area contributed by atoms with Crippen molar-refractivity contribution in [2.24, 2.45) is 0 Å². The molecule has 2 aromatic rings. The Kier molecular flexibility index (Phi) is 6.95. The molecule has 2 N–H and O–H groups in total. The van der Waals surface area contributed by atoms with Gasteiger partial charge < -0.3 is 5.32 Å². The fraction of sp³-hybridized carbons (Fsp3) is 0.263. The minimum absolute atomic E-state index is 0.146. The number of carbonyl (C=O) groups excluding carboxylic acids is 1. The van der Waals surface area contributed by atoms with Gasteiger partial charge in [-0.3, -0.25) is 10.1 Å². The molecule has 28 heavy (non-hydrogen) atoms. The summed E-state index contributed by atoms with van der Waals surface area (Å²) in [6.45, 7) is 1.13. The zero-order valence-corrected chi connectivity index (χ0v) is 17.6. The van der Waals surface area contributed by atoms with Crippen molar-refractivity contribution in [3.05, 3.63) is 52.7 Å². The maximum absolute atomic E-state index is 12.7. The molecule has 1 saturated heterocycles. The van der Waals surface area contributed by atoms with Gasteiger partial charge in [0.15, 0.2) is 5.11 Å². The van der Waals surface area contributed by atoms with Crippen LogP contribution in [-0.4, -0.2) is 36.8 Å². The second-order valence-electron chi connectivity index (χ2n) is 6.28. The lowest BCUT2D eigenvalue weighted by Crippen LogP contribution is -2.35. The Hall–Kier alpha value is -2.07. The first-order valence-corrected chi connectivity index (χ1v) is 11.6. The zero-order chi connectivity index (χ0) is 20.0. The predicted octanol–water partition coefficient (Wildman–Crippen LogP) is 3.45. The molecule has 0 atom stereocenters. The highest BCUT2D eigenvalue weighted by Gasteiger charge is 2.25. The standard InChI is InChI=1S/C19H21N3O3S3/c23-18(11-8-16-5-4-14-27-16)21-19(26)20-15-6-9-17(10-7-15)28(24,25)22-12-2-1-3-13-22/h4-11,14H,1-3,12-13H2,(H2,20,21,23,26). The van der Waals surface area contributed by atoms with Crippen molar-refractivity contribution in [3.8, 4) is 0 Å². The third kappa shape index (κ3) is 5.48. The summed E-state index contributed by atoms with van der Waals surface area (Å²) >= 11 is 6.67. The van der Waals surface area contributed by atoms with E-state index in [4.69, 9.17) is 12.2 Å². The molecule has 0 saturated carbocycles. The van der Waals surface area contributed by atoms with Gasteiger partial charge in [-0.05, 0) is 66.8 Å². The topological polar surface area (TPSA) is 78.5 Å². The number of thiophene rings is 1. The van der Waals surface area contributed by atoms with Crippen LogP contribution in [0.25, 0.3) is 6.08 Å². The van der Waals surface area contributed by atoms with E-state index < -0.39 is 10.0 Å². The Morgan fingerprint density at radius 2 is 1.82 bits per heavy atom. The highest BCUT2D eigenvalue weighted by atomic mass is 32.2. The fourth-order valence-corrected chi connectivity index (χ4v) is 5.18. The number of anilines is 1. The summed E-state index contributed by atoms with van der Waals surface area (Å²) in [4.78, 5) is 13.1. The van der Waals surface area contributed by atoms with Gasteiger partial charge >= 0.3 is 0 Å². The van der Waals surface area contributed by atoms with Gasteiger partial charge in [-0.1, -0.05) is 12.5 Å². The Bertz CT molecular complexity index is 946. The number of benzene rings is 1. The van der Waals surface area contributed by atoms with E-state index in [0.29, 0.717) is 18.8 Å². The van der Waals surface area contributed by atoms with Gasteiger partial charge in [-0.15, -0.1) is 11.3 Å². The monoisotopic (exact) mass is 435 g/mol. The highest BCUT2D eigenvalue weighted by Crippen LogP contribution is 2.22. The number of amides is 1. The Morgan fingerprint density at radius 1 is 1.11 bits per heavy atom. The lowest BCUT2D eigenvalue weighted by atomic mass is 10.2. The van der Waals surface area contributed by atoms with E-state index in [0.717, 1.165) is 24.1 Å². The first-order chi connectivity index (χ1) is 13.4.